The Bertz CT molecular complexity index is 1040. The van der Waals surface area contributed by atoms with Crippen molar-refractivity contribution in [3.05, 3.63) is 82.1 Å². The Balaban J connectivity index is 1.61. The predicted molar refractivity (Wildman–Crippen MR) is 117 cm³/mol. The Labute approximate surface area is 176 Å². The van der Waals surface area contributed by atoms with Gasteiger partial charge in [-0.15, -0.1) is 0 Å². The maximum absolute atomic E-state index is 12.3. The summed E-state index contributed by atoms with van der Waals surface area (Å²) < 4.78 is 6.92. The van der Waals surface area contributed by atoms with Gasteiger partial charge in [0.1, 0.15) is 5.75 Å². The van der Waals surface area contributed by atoms with Crippen LogP contribution < -0.4 is 15.6 Å². The molecule has 1 aromatic heterocycles. The summed E-state index contributed by atoms with van der Waals surface area (Å²) in [6, 6.07) is 18.9. The van der Waals surface area contributed by atoms with E-state index in [1.807, 2.05) is 43.3 Å². The summed E-state index contributed by atoms with van der Waals surface area (Å²) in [6.45, 7) is 5.19. The molecule has 0 radical (unpaired) electrons. The van der Waals surface area contributed by atoms with E-state index in [2.05, 4.69) is 29.5 Å². The third-order valence-electron chi connectivity index (χ3n) is 4.82. The zero-order chi connectivity index (χ0) is 21.3. The molecule has 1 amide bonds. The van der Waals surface area contributed by atoms with Crippen LogP contribution in [0.2, 0.25) is 0 Å². The lowest BCUT2D eigenvalue weighted by molar-refractivity contribution is -0.121. The highest BCUT2D eigenvalue weighted by molar-refractivity contribution is 5.75. The summed E-state index contributed by atoms with van der Waals surface area (Å²) in [6.07, 6.45) is 1.14. The van der Waals surface area contributed by atoms with Crippen molar-refractivity contribution in [3.8, 4) is 17.0 Å². The standard InChI is InChI=1S/C24H27N3O3/c1-3-18-9-11-19(12-10-18)21-13-14-24(29)27(26-21)16-15-23(28)25-17-20-7-5-6-8-22(20)30-4-2/h5-14H,3-4,15-17H2,1-2H3,(H,25,28). The summed E-state index contributed by atoms with van der Waals surface area (Å²) in [4.78, 5) is 24.5. The molecule has 6 nitrogen and oxygen atoms in total. The van der Waals surface area contributed by atoms with Crippen LogP contribution >= 0.6 is 0 Å². The van der Waals surface area contributed by atoms with E-state index < -0.39 is 0 Å². The normalized spacial score (nSPS) is 10.6. The predicted octanol–water partition coefficient (Wildman–Crippen LogP) is 3.58. The van der Waals surface area contributed by atoms with Crippen LogP contribution in [0.1, 0.15) is 31.4 Å². The molecule has 3 rings (SSSR count). The van der Waals surface area contributed by atoms with E-state index in [0.29, 0.717) is 18.8 Å². The zero-order valence-electron chi connectivity index (χ0n) is 17.4. The fourth-order valence-corrected chi connectivity index (χ4v) is 3.11. The highest BCUT2D eigenvalue weighted by atomic mass is 16.5. The molecular formula is C24H27N3O3. The van der Waals surface area contributed by atoms with E-state index >= 15 is 0 Å². The maximum atomic E-state index is 12.3. The van der Waals surface area contributed by atoms with Gasteiger partial charge in [-0.25, -0.2) is 4.68 Å². The number of amides is 1. The molecule has 156 valence electrons. The van der Waals surface area contributed by atoms with Crippen LogP contribution in [0, 0.1) is 0 Å². The molecule has 0 saturated heterocycles. The fraction of sp³-hybridized carbons (Fsp3) is 0.292. The number of hydrogen-bond donors (Lipinski definition) is 1. The number of ether oxygens (including phenoxy) is 1. The molecule has 0 fully saturated rings. The molecule has 0 unspecified atom stereocenters. The van der Waals surface area contributed by atoms with Crippen LogP contribution in [0.4, 0.5) is 0 Å². The monoisotopic (exact) mass is 405 g/mol. The van der Waals surface area contributed by atoms with Crippen LogP contribution in [-0.4, -0.2) is 22.3 Å². The van der Waals surface area contributed by atoms with Crippen LogP contribution in [-0.2, 0) is 24.3 Å². The van der Waals surface area contributed by atoms with Crippen molar-refractivity contribution in [2.75, 3.05) is 6.61 Å². The first-order valence-electron chi connectivity index (χ1n) is 10.3. The van der Waals surface area contributed by atoms with Gasteiger partial charge in [0, 0.05) is 30.2 Å². The third-order valence-corrected chi connectivity index (χ3v) is 4.82. The van der Waals surface area contributed by atoms with Gasteiger partial charge in [0.05, 0.1) is 18.8 Å². The van der Waals surface area contributed by atoms with E-state index in [9.17, 15) is 9.59 Å². The highest BCUT2D eigenvalue weighted by Crippen LogP contribution is 2.18. The maximum Gasteiger partial charge on any atom is 0.266 e. The van der Waals surface area contributed by atoms with Crippen LogP contribution in [0.25, 0.3) is 11.3 Å². The molecular weight excluding hydrogens is 378 g/mol. The number of benzene rings is 2. The average molecular weight is 405 g/mol. The van der Waals surface area contributed by atoms with Crippen LogP contribution in [0.5, 0.6) is 5.75 Å². The number of aromatic nitrogens is 2. The molecule has 6 heteroatoms. The molecule has 0 spiro atoms. The lowest BCUT2D eigenvalue weighted by atomic mass is 10.1. The van der Waals surface area contributed by atoms with E-state index in [1.54, 1.807) is 6.07 Å². The molecule has 0 atom stereocenters. The number of hydrogen-bond acceptors (Lipinski definition) is 4. The average Bonchev–Trinajstić information content (AvgIpc) is 2.78. The third kappa shape index (κ3) is 5.56. The van der Waals surface area contributed by atoms with E-state index in [1.165, 1.54) is 16.3 Å². The Morgan fingerprint density at radius 2 is 1.80 bits per heavy atom. The van der Waals surface area contributed by atoms with Gasteiger partial charge in [-0.3, -0.25) is 9.59 Å². The second-order valence-corrected chi connectivity index (χ2v) is 6.90. The first-order chi connectivity index (χ1) is 14.6. The topological polar surface area (TPSA) is 73.2 Å². The quantitative estimate of drug-likeness (QED) is 0.591. The Kier molecular flexibility index (Phi) is 7.38. The van der Waals surface area contributed by atoms with Gasteiger partial charge < -0.3 is 10.1 Å². The van der Waals surface area contributed by atoms with Crippen molar-refractivity contribution < 1.29 is 9.53 Å². The number of para-hydroxylation sites is 1. The van der Waals surface area contributed by atoms with Gasteiger partial charge in [-0.2, -0.15) is 5.10 Å². The molecule has 1 N–H and O–H groups in total. The Hall–Kier alpha value is -3.41. The van der Waals surface area contributed by atoms with Gasteiger partial charge in [-0.05, 0) is 31.0 Å². The lowest BCUT2D eigenvalue weighted by Gasteiger charge is -2.11. The molecule has 0 saturated carbocycles. The molecule has 2 aromatic carbocycles. The second kappa shape index (κ2) is 10.4. The molecule has 0 aliphatic heterocycles. The van der Waals surface area contributed by atoms with Crippen LogP contribution in [0.3, 0.4) is 0 Å². The van der Waals surface area contributed by atoms with Crippen molar-refractivity contribution in [1.82, 2.24) is 15.1 Å². The fourth-order valence-electron chi connectivity index (χ4n) is 3.11. The minimum absolute atomic E-state index is 0.146. The number of rotatable bonds is 9. The van der Waals surface area contributed by atoms with Crippen molar-refractivity contribution in [2.45, 2.75) is 39.8 Å². The number of nitrogens with zero attached hydrogens (tertiary/aromatic N) is 2. The van der Waals surface area contributed by atoms with Gasteiger partial charge in [0.2, 0.25) is 5.91 Å². The summed E-state index contributed by atoms with van der Waals surface area (Å²) in [5, 5.41) is 7.32. The van der Waals surface area contributed by atoms with Gasteiger partial charge >= 0.3 is 0 Å². The Morgan fingerprint density at radius 3 is 2.53 bits per heavy atom. The van der Waals surface area contributed by atoms with Gasteiger partial charge in [-0.1, -0.05) is 49.4 Å². The van der Waals surface area contributed by atoms with Crippen molar-refractivity contribution in [1.29, 1.82) is 0 Å². The molecule has 0 aliphatic rings. The molecule has 1 heterocycles. The summed E-state index contributed by atoms with van der Waals surface area (Å²) in [7, 11) is 0. The van der Waals surface area contributed by atoms with Crippen molar-refractivity contribution in [2.24, 2.45) is 0 Å². The van der Waals surface area contributed by atoms with Crippen molar-refractivity contribution >= 4 is 5.91 Å². The molecule has 30 heavy (non-hydrogen) atoms. The van der Waals surface area contributed by atoms with E-state index in [0.717, 1.165) is 23.3 Å². The minimum atomic E-state index is -0.224. The lowest BCUT2D eigenvalue weighted by Crippen LogP contribution is -2.28. The highest BCUT2D eigenvalue weighted by Gasteiger charge is 2.08. The number of carbonyl (C=O) groups is 1. The summed E-state index contributed by atoms with van der Waals surface area (Å²) >= 11 is 0. The first kappa shape index (κ1) is 21.3. The minimum Gasteiger partial charge on any atom is -0.494 e. The zero-order valence-corrected chi connectivity index (χ0v) is 17.4. The molecule has 0 bridgehead atoms. The SMILES string of the molecule is CCOc1ccccc1CNC(=O)CCn1nc(-c2ccc(CC)cc2)ccc1=O. The molecule has 0 aliphatic carbocycles. The Morgan fingerprint density at radius 1 is 1.03 bits per heavy atom. The summed E-state index contributed by atoms with van der Waals surface area (Å²) in [5.41, 5.74) is 3.59. The second-order valence-electron chi connectivity index (χ2n) is 6.90. The van der Waals surface area contributed by atoms with E-state index in [-0.39, 0.29) is 24.4 Å². The van der Waals surface area contributed by atoms with Gasteiger partial charge in [0.15, 0.2) is 0 Å². The largest absolute Gasteiger partial charge is 0.494 e. The molecule has 3 aromatic rings. The van der Waals surface area contributed by atoms with E-state index in [4.69, 9.17) is 4.74 Å². The summed E-state index contributed by atoms with van der Waals surface area (Å²) in [5.74, 6) is 0.618. The first-order valence-corrected chi connectivity index (χ1v) is 10.3. The smallest absolute Gasteiger partial charge is 0.266 e. The number of nitrogens with one attached hydrogen (secondary N) is 1. The number of carbonyl (C=O) groups excluding carboxylic acids is 1. The van der Waals surface area contributed by atoms with Gasteiger partial charge in [0.25, 0.3) is 5.56 Å². The number of aryl methyl sites for hydroxylation is 2. The van der Waals surface area contributed by atoms with Crippen LogP contribution in [0.15, 0.2) is 65.5 Å². The van der Waals surface area contributed by atoms with Crippen molar-refractivity contribution in [3.63, 3.8) is 0 Å².